The van der Waals surface area contributed by atoms with Crippen LogP contribution in [-0.2, 0) is 6.54 Å². The molecule has 0 aromatic carbocycles. The Labute approximate surface area is 90.1 Å². The first-order chi connectivity index (χ1) is 7.18. The van der Waals surface area contributed by atoms with Gasteiger partial charge in [-0.15, -0.1) is 0 Å². The van der Waals surface area contributed by atoms with E-state index in [9.17, 15) is 4.79 Å². The van der Waals surface area contributed by atoms with Crippen LogP contribution in [0.3, 0.4) is 0 Å². The fourth-order valence-electron chi connectivity index (χ4n) is 1.17. The van der Waals surface area contributed by atoms with Crippen LogP contribution in [0.2, 0.25) is 5.15 Å². The molecule has 0 saturated heterocycles. The maximum absolute atomic E-state index is 11.6. The third kappa shape index (κ3) is 1.87. The lowest BCUT2D eigenvalue weighted by molar-refractivity contribution is 0.488. The smallest absolute Gasteiger partial charge is 0.278 e. The van der Waals surface area contributed by atoms with Gasteiger partial charge in [-0.2, -0.15) is 0 Å². The van der Waals surface area contributed by atoms with E-state index < -0.39 is 0 Å². The topological polar surface area (TPSA) is 74.0 Å². The number of rotatable bonds is 2. The summed E-state index contributed by atoms with van der Waals surface area (Å²) in [4.78, 5) is 15.4. The Morgan fingerprint density at radius 2 is 2.40 bits per heavy atom. The van der Waals surface area contributed by atoms with Crippen LogP contribution in [0.25, 0.3) is 0 Å². The minimum absolute atomic E-state index is 0.0238. The fourth-order valence-corrected chi connectivity index (χ4v) is 1.29. The van der Waals surface area contributed by atoms with Crippen molar-refractivity contribution in [2.75, 3.05) is 5.73 Å². The van der Waals surface area contributed by atoms with Crippen molar-refractivity contribution in [1.29, 1.82) is 0 Å². The van der Waals surface area contributed by atoms with Crippen molar-refractivity contribution in [2.45, 2.75) is 6.54 Å². The predicted molar refractivity (Wildman–Crippen MR) is 55.7 cm³/mol. The molecule has 0 atom stereocenters. The van der Waals surface area contributed by atoms with Gasteiger partial charge in [-0.3, -0.25) is 9.36 Å². The second-order valence-corrected chi connectivity index (χ2v) is 3.32. The van der Waals surface area contributed by atoms with Crippen molar-refractivity contribution in [3.05, 3.63) is 46.0 Å². The lowest BCUT2D eigenvalue weighted by atomic mass is 10.4. The van der Waals surface area contributed by atoms with Crippen LogP contribution in [0.4, 0.5) is 5.69 Å². The van der Waals surface area contributed by atoms with Crippen molar-refractivity contribution >= 4 is 17.3 Å². The molecule has 0 aliphatic heterocycles. The molecule has 2 N–H and O–H groups in total. The van der Waals surface area contributed by atoms with Crippen LogP contribution >= 0.6 is 11.6 Å². The molecule has 0 aliphatic rings. The van der Waals surface area contributed by atoms with Crippen LogP contribution in [0.1, 0.15) is 5.76 Å². The lowest BCUT2D eigenvalue weighted by Crippen LogP contribution is -2.23. The second-order valence-electron chi connectivity index (χ2n) is 2.96. The molecular formula is C9H8ClN3O2. The highest BCUT2D eigenvalue weighted by Crippen LogP contribution is 2.09. The third-order valence-corrected chi connectivity index (χ3v) is 2.23. The van der Waals surface area contributed by atoms with E-state index in [1.807, 2.05) is 0 Å². The molecule has 2 aromatic heterocycles. The van der Waals surface area contributed by atoms with Gasteiger partial charge in [0, 0.05) is 0 Å². The van der Waals surface area contributed by atoms with Gasteiger partial charge in [-0.25, -0.2) is 4.98 Å². The molecule has 0 saturated carbocycles. The predicted octanol–water partition coefficient (Wildman–Crippen LogP) is 1.12. The lowest BCUT2D eigenvalue weighted by Gasteiger charge is -2.04. The van der Waals surface area contributed by atoms with Gasteiger partial charge in [0.05, 0.1) is 19.1 Å². The normalized spacial score (nSPS) is 10.5. The van der Waals surface area contributed by atoms with E-state index in [1.54, 1.807) is 12.1 Å². The molecule has 15 heavy (non-hydrogen) atoms. The molecule has 0 aliphatic carbocycles. The number of hydrogen-bond acceptors (Lipinski definition) is 4. The SMILES string of the molecule is Nc1c(Cl)ncn(Cc2ccco2)c1=O. The summed E-state index contributed by atoms with van der Waals surface area (Å²) in [7, 11) is 0. The van der Waals surface area contributed by atoms with Crippen LogP contribution in [0.15, 0.2) is 33.9 Å². The minimum Gasteiger partial charge on any atom is -0.467 e. The minimum atomic E-state index is -0.369. The molecule has 0 amide bonds. The van der Waals surface area contributed by atoms with E-state index in [-0.39, 0.29) is 16.4 Å². The Bertz CT molecular complexity index is 519. The van der Waals surface area contributed by atoms with Crippen molar-refractivity contribution in [2.24, 2.45) is 0 Å². The summed E-state index contributed by atoms with van der Waals surface area (Å²) >= 11 is 5.59. The largest absolute Gasteiger partial charge is 0.467 e. The summed E-state index contributed by atoms with van der Waals surface area (Å²) in [5, 5.41) is 0.0238. The number of anilines is 1. The first-order valence-electron chi connectivity index (χ1n) is 4.21. The molecule has 2 rings (SSSR count). The van der Waals surface area contributed by atoms with Crippen molar-refractivity contribution in [3.63, 3.8) is 0 Å². The highest BCUT2D eigenvalue weighted by molar-refractivity contribution is 6.31. The summed E-state index contributed by atoms with van der Waals surface area (Å²) in [6.45, 7) is 0.292. The zero-order chi connectivity index (χ0) is 10.8. The number of nitrogens with zero attached hydrogens (tertiary/aromatic N) is 2. The molecule has 0 unspecified atom stereocenters. The van der Waals surface area contributed by atoms with E-state index in [0.717, 1.165) is 0 Å². The molecule has 78 valence electrons. The van der Waals surface area contributed by atoms with Crippen LogP contribution in [0, 0.1) is 0 Å². The molecule has 0 radical (unpaired) electrons. The molecule has 0 fully saturated rings. The number of hydrogen-bond donors (Lipinski definition) is 1. The fraction of sp³-hybridized carbons (Fsp3) is 0.111. The van der Waals surface area contributed by atoms with Gasteiger partial charge in [-0.05, 0) is 12.1 Å². The Kier molecular flexibility index (Phi) is 2.47. The molecule has 2 aromatic rings. The van der Waals surface area contributed by atoms with Crippen molar-refractivity contribution in [3.8, 4) is 0 Å². The molecule has 2 heterocycles. The second kappa shape index (κ2) is 3.78. The van der Waals surface area contributed by atoms with Gasteiger partial charge in [0.25, 0.3) is 5.56 Å². The van der Waals surface area contributed by atoms with Gasteiger partial charge in [0.2, 0.25) is 0 Å². The molecule has 0 spiro atoms. The number of nitrogen functional groups attached to an aromatic ring is 1. The zero-order valence-corrected chi connectivity index (χ0v) is 8.44. The summed E-state index contributed by atoms with van der Waals surface area (Å²) in [5.74, 6) is 0.653. The maximum atomic E-state index is 11.6. The standard InChI is InChI=1S/C9H8ClN3O2/c10-8-7(11)9(14)13(5-12-8)4-6-2-1-3-15-6/h1-3,5H,4,11H2. The molecular weight excluding hydrogens is 218 g/mol. The monoisotopic (exact) mass is 225 g/mol. The Hall–Kier alpha value is -1.75. The number of halogens is 1. The average molecular weight is 226 g/mol. The molecule has 6 heteroatoms. The number of aromatic nitrogens is 2. The Morgan fingerprint density at radius 3 is 3.07 bits per heavy atom. The van der Waals surface area contributed by atoms with E-state index in [1.165, 1.54) is 17.2 Å². The number of nitrogens with two attached hydrogens (primary N) is 1. The van der Waals surface area contributed by atoms with Crippen LogP contribution in [-0.4, -0.2) is 9.55 Å². The van der Waals surface area contributed by atoms with Crippen LogP contribution in [0.5, 0.6) is 0 Å². The van der Waals surface area contributed by atoms with Gasteiger partial charge in [-0.1, -0.05) is 11.6 Å². The maximum Gasteiger partial charge on any atom is 0.278 e. The van der Waals surface area contributed by atoms with E-state index in [0.29, 0.717) is 12.3 Å². The molecule has 0 bridgehead atoms. The summed E-state index contributed by atoms with van der Waals surface area (Å²) in [5.41, 5.74) is 5.03. The van der Waals surface area contributed by atoms with Crippen molar-refractivity contribution in [1.82, 2.24) is 9.55 Å². The first kappa shape index (κ1) is 9.79. The highest BCUT2D eigenvalue weighted by atomic mass is 35.5. The summed E-state index contributed by atoms with van der Waals surface area (Å²) in [6.07, 6.45) is 2.87. The van der Waals surface area contributed by atoms with Gasteiger partial charge < -0.3 is 10.2 Å². The van der Waals surface area contributed by atoms with Crippen molar-refractivity contribution < 1.29 is 4.42 Å². The van der Waals surface area contributed by atoms with Gasteiger partial charge in [0.1, 0.15) is 11.4 Å². The van der Waals surface area contributed by atoms with Crippen LogP contribution < -0.4 is 11.3 Å². The highest BCUT2D eigenvalue weighted by Gasteiger charge is 2.07. The quantitative estimate of drug-likeness (QED) is 0.778. The average Bonchev–Trinajstić information content (AvgIpc) is 2.72. The van der Waals surface area contributed by atoms with E-state index in [2.05, 4.69) is 4.98 Å². The molecule has 5 nitrogen and oxygen atoms in total. The van der Waals surface area contributed by atoms with Gasteiger partial charge >= 0.3 is 0 Å². The van der Waals surface area contributed by atoms with E-state index >= 15 is 0 Å². The third-order valence-electron chi connectivity index (χ3n) is 1.93. The first-order valence-corrected chi connectivity index (χ1v) is 4.59. The van der Waals surface area contributed by atoms with E-state index in [4.69, 9.17) is 21.8 Å². The summed E-state index contributed by atoms with van der Waals surface area (Å²) in [6, 6.07) is 3.50. The zero-order valence-electron chi connectivity index (χ0n) is 7.68. The van der Waals surface area contributed by atoms with Gasteiger partial charge in [0.15, 0.2) is 5.15 Å². The Balaban J connectivity index is 2.38. The number of furan rings is 1. The summed E-state index contributed by atoms with van der Waals surface area (Å²) < 4.78 is 6.43. The Morgan fingerprint density at radius 1 is 1.60 bits per heavy atom.